The topological polar surface area (TPSA) is 95.9 Å². The first-order valence-electron chi connectivity index (χ1n) is 7.08. The summed E-state index contributed by atoms with van der Waals surface area (Å²) in [5, 5.41) is 4.18. The van der Waals surface area contributed by atoms with Gasteiger partial charge in [0.05, 0.1) is 17.2 Å². The zero-order valence-electron chi connectivity index (χ0n) is 12.0. The van der Waals surface area contributed by atoms with Crippen molar-refractivity contribution in [3.8, 4) is 11.3 Å². The number of fused-ring (bicyclic) bond motifs is 1. The molecule has 2 atom stereocenters. The SMILES string of the molecule is O=c1[nH]cc(-c2cc([C@@H]3CC3C(F)(F)F)c3nccn3n2)c(=O)[nH]1. The standard InChI is InChI=1S/C14H10F3N5O2/c15-14(16,17)9-3-6(9)7-4-10(21-22-2-1-18-11(7)22)8-5-19-13(24)20-12(8)23/h1-2,4-6,9H,3H2,(H2,19,20,23,24)/t6-,9?/m0/s1. The van der Waals surface area contributed by atoms with Gasteiger partial charge < -0.3 is 4.98 Å². The van der Waals surface area contributed by atoms with Crippen LogP contribution in [0.25, 0.3) is 16.9 Å². The Kier molecular flexibility index (Phi) is 2.93. The van der Waals surface area contributed by atoms with E-state index in [9.17, 15) is 22.8 Å². The molecule has 0 aliphatic heterocycles. The molecule has 3 heterocycles. The maximum atomic E-state index is 12.9. The second kappa shape index (κ2) is 4.79. The van der Waals surface area contributed by atoms with E-state index >= 15 is 0 Å². The summed E-state index contributed by atoms with van der Waals surface area (Å²) in [5.74, 6) is -2.12. The summed E-state index contributed by atoms with van der Waals surface area (Å²) >= 11 is 0. The average molecular weight is 337 g/mol. The summed E-state index contributed by atoms with van der Waals surface area (Å²) < 4.78 is 40.0. The van der Waals surface area contributed by atoms with E-state index in [4.69, 9.17) is 0 Å². The summed E-state index contributed by atoms with van der Waals surface area (Å²) in [5.41, 5.74) is -0.391. The number of nitrogens with one attached hydrogen (secondary N) is 2. The molecule has 1 aliphatic carbocycles. The van der Waals surface area contributed by atoms with Gasteiger partial charge in [-0.15, -0.1) is 0 Å². The minimum Gasteiger partial charge on any atom is -0.313 e. The van der Waals surface area contributed by atoms with Crippen LogP contribution in [0.1, 0.15) is 17.9 Å². The van der Waals surface area contributed by atoms with Crippen molar-refractivity contribution in [1.29, 1.82) is 0 Å². The van der Waals surface area contributed by atoms with Crippen molar-refractivity contribution in [3.63, 3.8) is 0 Å². The van der Waals surface area contributed by atoms with Crippen LogP contribution in [-0.2, 0) is 0 Å². The van der Waals surface area contributed by atoms with Gasteiger partial charge in [0, 0.05) is 24.2 Å². The van der Waals surface area contributed by atoms with E-state index < -0.39 is 29.3 Å². The van der Waals surface area contributed by atoms with Crippen molar-refractivity contribution in [2.45, 2.75) is 18.5 Å². The Balaban J connectivity index is 1.87. The second-order valence-electron chi connectivity index (χ2n) is 5.66. The number of hydrogen-bond acceptors (Lipinski definition) is 4. The number of aromatic nitrogens is 5. The summed E-state index contributed by atoms with van der Waals surface area (Å²) in [6, 6.07) is 1.43. The van der Waals surface area contributed by atoms with Gasteiger partial charge in [0.25, 0.3) is 5.56 Å². The Morgan fingerprint density at radius 2 is 2.08 bits per heavy atom. The number of hydrogen-bond donors (Lipinski definition) is 2. The van der Waals surface area contributed by atoms with Crippen LogP contribution in [-0.4, -0.2) is 30.7 Å². The first kappa shape index (κ1) is 14.7. The molecule has 3 aromatic heterocycles. The highest BCUT2D eigenvalue weighted by molar-refractivity contribution is 5.63. The highest BCUT2D eigenvalue weighted by Gasteiger charge is 2.56. The number of aromatic amines is 2. The predicted octanol–water partition coefficient (Wildman–Crippen LogP) is 1.44. The molecule has 10 heteroatoms. The minimum atomic E-state index is -4.27. The molecule has 4 rings (SSSR count). The molecule has 1 saturated carbocycles. The summed E-state index contributed by atoms with van der Waals surface area (Å²) in [7, 11) is 0. The Morgan fingerprint density at radius 1 is 1.29 bits per heavy atom. The lowest BCUT2D eigenvalue weighted by atomic mass is 10.1. The largest absolute Gasteiger partial charge is 0.392 e. The number of H-pyrrole nitrogens is 2. The van der Waals surface area contributed by atoms with Gasteiger partial charge in [-0.05, 0) is 18.4 Å². The molecule has 24 heavy (non-hydrogen) atoms. The van der Waals surface area contributed by atoms with Crippen molar-refractivity contribution in [3.05, 3.63) is 51.1 Å². The molecule has 0 bridgehead atoms. The van der Waals surface area contributed by atoms with E-state index in [1.165, 1.54) is 29.2 Å². The Labute approximate surface area is 131 Å². The number of imidazole rings is 1. The maximum Gasteiger partial charge on any atom is 0.392 e. The Bertz CT molecular complexity index is 1050. The first-order chi connectivity index (χ1) is 11.3. The van der Waals surface area contributed by atoms with Gasteiger partial charge in [-0.3, -0.25) is 9.78 Å². The fourth-order valence-electron chi connectivity index (χ4n) is 2.85. The van der Waals surface area contributed by atoms with Crippen molar-refractivity contribution in [2.75, 3.05) is 0 Å². The fraction of sp³-hybridized carbons (Fsp3) is 0.286. The third-order valence-corrected chi connectivity index (χ3v) is 4.09. The molecule has 0 spiro atoms. The quantitative estimate of drug-likeness (QED) is 0.739. The average Bonchev–Trinajstić information content (AvgIpc) is 3.17. The lowest BCUT2D eigenvalue weighted by Crippen LogP contribution is -2.23. The molecule has 0 radical (unpaired) electrons. The Morgan fingerprint density at radius 3 is 2.75 bits per heavy atom. The molecular weight excluding hydrogens is 327 g/mol. The molecule has 1 fully saturated rings. The fourth-order valence-corrected chi connectivity index (χ4v) is 2.85. The molecule has 124 valence electrons. The van der Waals surface area contributed by atoms with Crippen LogP contribution >= 0.6 is 0 Å². The van der Waals surface area contributed by atoms with Crippen LogP contribution in [0, 0.1) is 5.92 Å². The molecular formula is C14H10F3N5O2. The van der Waals surface area contributed by atoms with E-state index in [0.29, 0.717) is 11.2 Å². The molecule has 0 amide bonds. The van der Waals surface area contributed by atoms with Crippen LogP contribution in [0.5, 0.6) is 0 Å². The van der Waals surface area contributed by atoms with Gasteiger partial charge in [-0.1, -0.05) is 0 Å². The zero-order chi connectivity index (χ0) is 17.1. The first-order valence-corrected chi connectivity index (χ1v) is 7.08. The maximum absolute atomic E-state index is 12.9. The van der Waals surface area contributed by atoms with Crippen molar-refractivity contribution in [2.24, 2.45) is 5.92 Å². The summed E-state index contributed by atoms with van der Waals surface area (Å²) in [4.78, 5) is 31.5. The molecule has 2 N–H and O–H groups in total. The summed E-state index contributed by atoms with van der Waals surface area (Å²) in [6.45, 7) is 0. The normalized spacial score (nSPS) is 20.5. The molecule has 1 aliphatic rings. The van der Waals surface area contributed by atoms with E-state index in [1.807, 2.05) is 0 Å². The van der Waals surface area contributed by atoms with Crippen LogP contribution in [0.2, 0.25) is 0 Å². The van der Waals surface area contributed by atoms with Gasteiger partial charge >= 0.3 is 11.9 Å². The van der Waals surface area contributed by atoms with Crippen molar-refractivity contribution >= 4 is 5.65 Å². The number of halogens is 3. The molecule has 0 saturated heterocycles. The van der Waals surface area contributed by atoms with Gasteiger partial charge in [0.2, 0.25) is 0 Å². The third-order valence-electron chi connectivity index (χ3n) is 4.09. The van der Waals surface area contributed by atoms with E-state index in [2.05, 4.69) is 20.1 Å². The molecule has 7 nitrogen and oxygen atoms in total. The lowest BCUT2D eigenvalue weighted by molar-refractivity contribution is -0.148. The monoisotopic (exact) mass is 337 g/mol. The number of nitrogens with zero attached hydrogens (tertiary/aromatic N) is 3. The van der Waals surface area contributed by atoms with Gasteiger partial charge in [-0.25, -0.2) is 14.3 Å². The van der Waals surface area contributed by atoms with Gasteiger partial charge in [-0.2, -0.15) is 18.3 Å². The van der Waals surface area contributed by atoms with E-state index in [-0.39, 0.29) is 17.7 Å². The van der Waals surface area contributed by atoms with Gasteiger partial charge in [0.15, 0.2) is 5.65 Å². The van der Waals surface area contributed by atoms with Crippen LogP contribution in [0.15, 0.2) is 34.2 Å². The predicted molar refractivity (Wildman–Crippen MR) is 76.6 cm³/mol. The number of rotatable bonds is 2. The van der Waals surface area contributed by atoms with Crippen molar-refractivity contribution < 1.29 is 13.2 Å². The smallest absolute Gasteiger partial charge is 0.313 e. The van der Waals surface area contributed by atoms with Gasteiger partial charge in [0.1, 0.15) is 0 Å². The third kappa shape index (κ3) is 2.30. The highest BCUT2D eigenvalue weighted by atomic mass is 19.4. The Hall–Kier alpha value is -2.91. The number of alkyl halides is 3. The molecule has 0 aromatic carbocycles. The molecule has 3 aromatic rings. The van der Waals surface area contributed by atoms with Crippen LogP contribution in [0.4, 0.5) is 13.2 Å². The van der Waals surface area contributed by atoms with Crippen molar-refractivity contribution in [1.82, 2.24) is 24.6 Å². The minimum absolute atomic E-state index is 0.0164. The highest BCUT2D eigenvalue weighted by Crippen LogP contribution is 2.56. The lowest BCUT2D eigenvalue weighted by Gasteiger charge is -2.08. The second-order valence-corrected chi connectivity index (χ2v) is 5.66. The van der Waals surface area contributed by atoms with E-state index in [1.54, 1.807) is 0 Å². The zero-order valence-corrected chi connectivity index (χ0v) is 12.0. The van der Waals surface area contributed by atoms with E-state index in [0.717, 1.165) is 0 Å². The summed E-state index contributed by atoms with van der Waals surface area (Å²) in [6.07, 6.45) is -0.181. The van der Waals surface area contributed by atoms with Crippen LogP contribution in [0.3, 0.4) is 0 Å². The van der Waals surface area contributed by atoms with Crippen LogP contribution < -0.4 is 11.2 Å². The molecule has 1 unspecified atom stereocenters.